The Bertz CT molecular complexity index is 1130. The molecule has 3 rings (SSSR count). The fraction of sp³-hybridized carbons (Fsp3) is 0.100. The highest BCUT2D eigenvalue weighted by atomic mass is 32.2. The monoisotopic (exact) mass is 416 g/mol. The van der Waals surface area contributed by atoms with Crippen LogP contribution in [0.5, 0.6) is 0 Å². The number of rotatable bonds is 7. The fourth-order valence-electron chi connectivity index (χ4n) is 2.83. The largest absolute Gasteiger partial charge is 0.241 e. The van der Waals surface area contributed by atoms with Gasteiger partial charge in [-0.15, -0.1) is 0 Å². The molecule has 0 bridgehead atoms. The van der Waals surface area contributed by atoms with Crippen LogP contribution in [0.4, 0.5) is 0 Å². The van der Waals surface area contributed by atoms with E-state index in [0.717, 1.165) is 11.1 Å². The molecule has 6 nitrogen and oxygen atoms in total. The minimum Gasteiger partial charge on any atom is -0.225 e. The van der Waals surface area contributed by atoms with Gasteiger partial charge in [0.1, 0.15) is 0 Å². The molecule has 8 heteroatoms. The molecule has 3 N–H and O–H groups in total. The Hall–Kier alpha value is -2.52. The number of hydrogen-bond acceptors (Lipinski definition) is 4. The lowest BCUT2D eigenvalue weighted by Gasteiger charge is -2.19. The summed E-state index contributed by atoms with van der Waals surface area (Å²) in [6.45, 7) is 0. The molecular formula is C20H20N2O4S2. The maximum atomic E-state index is 12.9. The van der Waals surface area contributed by atoms with Crippen LogP contribution in [-0.4, -0.2) is 16.8 Å². The Balaban J connectivity index is 1.90. The lowest BCUT2D eigenvalue weighted by molar-refractivity contribution is 0.554. The van der Waals surface area contributed by atoms with Gasteiger partial charge in [-0.25, -0.2) is 26.7 Å². The molecule has 0 aromatic heterocycles. The number of hydrogen-bond donors (Lipinski definition) is 2. The van der Waals surface area contributed by atoms with Gasteiger partial charge in [0, 0.05) is 0 Å². The van der Waals surface area contributed by atoms with Crippen LogP contribution in [0.3, 0.4) is 0 Å². The molecule has 28 heavy (non-hydrogen) atoms. The molecule has 0 aliphatic rings. The molecule has 0 saturated carbocycles. The Morgan fingerprint density at radius 2 is 1.21 bits per heavy atom. The molecule has 0 spiro atoms. The maximum absolute atomic E-state index is 12.9. The lowest BCUT2D eigenvalue weighted by atomic mass is 10.00. The molecule has 1 atom stereocenters. The third kappa shape index (κ3) is 5.05. The zero-order chi connectivity index (χ0) is 20.2. The van der Waals surface area contributed by atoms with Gasteiger partial charge in [-0.2, -0.15) is 0 Å². The highest BCUT2D eigenvalue weighted by molar-refractivity contribution is 7.89. The van der Waals surface area contributed by atoms with Crippen LogP contribution < -0.4 is 9.86 Å². The summed E-state index contributed by atoms with van der Waals surface area (Å²) in [6.07, 6.45) is 0.472. The molecule has 3 aromatic rings. The first kappa shape index (κ1) is 20.2. The maximum Gasteiger partial charge on any atom is 0.241 e. The van der Waals surface area contributed by atoms with Crippen LogP contribution in [0.15, 0.2) is 94.7 Å². The van der Waals surface area contributed by atoms with Crippen molar-refractivity contribution >= 4 is 20.0 Å². The number of sulfonamides is 2. The number of primary sulfonamides is 1. The highest BCUT2D eigenvalue weighted by Gasteiger charge is 2.22. The van der Waals surface area contributed by atoms with E-state index in [-0.39, 0.29) is 9.79 Å². The molecule has 0 saturated heterocycles. The molecular weight excluding hydrogens is 396 g/mol. The number of nitrogens with one attached hydrogen (secondary N) is 1. The van der Waals surface area contributed by atoms with E-state index in [2.05, 4.69) is 4.72 Å². The first-order valence-electron chi connectivity index (χ1n) is 8.50. The van der Waals surface area contributed by atoms with Crippen molar-refractivity contribution in [2.75, 3.05) is 0 Å². The van der Waals surface area contributed by atoms with Gasteiger partial charge in [-0.1, -0.05) is 60.7 Å². The van der Waals surface area contributed by atoms with Crippen molar-refractivity contribution in [2.45, 2.75) is 22.3 Å². The third-order valence-corrected chi connectivity index (χ3v) is 6.66. The summed E-state index contributed by atoms with van der Waals surface area (Å²) in [5, 5.41) is 5.07. The third-order valence-electron chi connectivity index (χ3n) is 4.24. The van der Waals surface area contributed by atoms with Gasteiger partial charge in [0.25, 0.3) is 0 Å². The molecule has 0 radical (unpaired) electrons. The SMILES string of the molecule is NS(=O)(=O)c1ccc(S(=O)(=O)N[C@@H](Cc2ccccc2)c2ccccc2)cc1. The average Bonchev–Trinajstić information content (AvgIpc) is 2.68. The second kappa shape index (κ2) is 8.24. The van der Waals surface area contributed by atoms with E-state index in [1.165, 1.54) is 24.3 Å². The topological polar surface area (TPSA) is 106 Å². The van der Waals surface area contributed by atoms with Crippen LogP contribution in [0, 0.1) is 0 Å². The molecule has 0 unspecified atom stereocenters. The van der Waals surface area contributed by atoms with E-state index in [1.54, 1.807) is 0 Å². The van der Waals surface area contributed by atoms with Gasteiger partial charge < -0.3 is 0 Å². The van der Waals surface area contributed by atoms with Crippen LogP contribution in [-0.2, 0) is 26.5 Å². The fourth-order valence-corrected chi connectivity index (χ4v) is 4.57. The predicted molar refractivity (Wildman–Crippen MR) is 107 cm³/mol. The number of nitrogens with two attached hydrogens (primary N) is 1. The van der Waals surface area contributed by atoms with Gasteiger partial charge in [0.2, 0.25) is 20.0 Å². The van der Waals surface area contributed by atoms with Crippen molar-refractivity contribution in [1.29, 1.82) is 0 Å². The Labute approximate surface area is 165 Å². The van der Waals surface area contributed by atoms with Crippen molar-refractivity contribution in [3.05, 3.63) is 96.1 Å². The Morgan fingerprint density at radius 3 is 1.75 bits per heavy atom. The van der Waals surface area contributed by atoms with Crippen LogP contribution in [0.25, 0.3) is 0 Å². The summed E-state index contributed by atoms with van der Waals surface area (Å²) < 4.78 is 51.2. The summed E-state index contributed by atoms with van der Waals surface area (Å²) in [4.78, 5) is -0.177. The van der Waals surface area contributed by atoms with Crippen molar-refractivity contribution in [3.63, 3.8) is 0 Å². The van der Waals surface area contributed by atoms with Crippen molar-refractivity contribution in [1.82, 2.24) is 4.72 Å². The molecule has 3 aromatic carbocycles. The average molecular weight is 417 g/mol. The van der Waals surface area contributed by atoms with Crippen molar-refractivity contribution in [2.24, 2.45) is 5.14 Å². The Morgan fingerprint density at radius 1 is 0.714 bits per heavy atom. The van der Waals surface area contributed by atoms with Gasteiger partial charge in [-0.3, -0.25) is 0 Å². The van der Waals surface area contributed by atoms with Gasteiger partial charge >= 0.3 is 0 Å². The van der Waals surface area contributed by atoms with E-state index >= 15 is 0 Å². The standard InChI is InChI=1S/C20H20N2O4S2/c21-27(23,24)18-11-13-19(14-12-18)28(25,26)22-20(17-9-5-2-6-10-17)15-16-7-3-1-4-8-16/h1-14,20,22H,15H2,(H2,21,23,24)/t20-/m0/s1. The second-order valence-electron chi connectivity index (χ2n) is 6.29. The zero-order valence-electron chi connectivity index (χ0n) is 14.9. The normalized spacial score (nSPS) is 13.2. The van der Waals surface area contributed by atoms with E-state index < -0.39 is 26.1 Å². The van der Waals surface area contributed by atoms with E-state index in [4.69, 9.17) is 5.14 Å². The minimum absolute atomic E-state index is 0.0334. The van der Waals surface area contributed by atoms with E-state index in [9.17, 15) is 16.8 Å². The van der Waals surface area contributed by atoms with Crippen LogP contribution in [0.1, 0.15) is 17.2 Å². The highest BCUT2D eigenvalue weighted by Crippen LogP contribution is 2.22. The second-order valence-corrected chi connectivity index (χ2v) is 9.57. The molecule has 0 aliphatic heterocycles. The van der Waals surface area contributed by atoms with E-state index in [0.29, 0.717) is 6.42 Å². The Kier molecular flexibility index (Phi) is 5.95. The molecule has 0 aliphatic carbocycles. The van der Waals surface area contributed by atoms with E-state index in [1.807, 2.05) is 60.7 Å². The molecule has 0 fully saturated rings. The van der Waals surface area contributed by atoms with Crippen molar-refractivity contribution < 1.29 is 16.8 Å². The summed E-state index contributed by atoms with van der Waals surface area (Å²) >= 11 is 0. The lowest BCUT2D eigenvalue weighted by Crippen LogP contribution is -2.30. The first-order chi connectivity index (χ1) is 13.3. The minimum atomic E-state index is -3.89. The number of benzene rings is 3. The summed E-state index contributed by atoms with van der Waals surface area (Å²) in [5.41, 5.74) is 1.82. The van der Waals surface area contributed by atoms with Gasteiger partial charge in [0.05, 0.1) is 15.8 Å². The predicted octanol–water partition coefficient (Wildman–Crippen LogP) is 2.60. The summed E-state index contributed by atoms with van der Waals surface area (Å²) in [6, 6.07) is 23.2. The smallest absolute Gasteiger partial charge is 0.225 e. The molecule has 146 valence electrons. The summed E-state index contributed by atoms with van der Waals surface area (Å²) in [7, 11) is -7.76. The first-order valence-corrected chi connectivity index (χ1v) is 11.5. The van der Waals surface area contributed by atoms with Crippen molar-refractivity contribution in [3.8, 4) is 0 Å². The molecule has 0 amide bonds. The molecule has 0 heterocycles. The summed E-state index contributed by atoms with van der Waals surface area (Å²) in [5.74, 6) is 0. The zero-order valence-corrected chi connectivity index (χ0v) is 16.5. The quantitative estimate of drug-likeness (QED) is 0.617. The van der Waals surface area contributed by atoms with Gasteiger partial charge in [0.15, 0.2) is 0 Å². The van der Waals surface area contributed by atoms with Crippen LogP contribution in [0.2, 0.25) is 0 Å². The van der Waals surface area contributed by atoms with Gasteiger partial charge in [-0.05, 0) is 41.8 Å². The van der Waals surface area contributed by atoms with Crippen LogP contribution >= 0.6 is 0 Å².